The highest BCUT2D eigenvalue weighted by Gasteiger charge is 2.56. The van der Waals surface area contributed by atoms with Crippen LogP contribution in [0, 0.1) is 10.8 Å². The van der Waals surface area contributed by atoms with Crippen LogP contribution in [0.15, 0.2) is 30.3 Å². The Morgan fingerprint density at radius 1 is 1.02 bits per heavy atom. The van der Waals surface area contributed by atoms with Gasteiger partial charge in [-0.1, -0.05) is 65.1 Å². The molecule has 1 N–H and O–H groups in total. The van der Waals surface area contributed by atoms with Crippen LogP contribution in [0.4, 0.5) is 0 Å². The smallest absolute Gasteiger partial charge is 0.321 e. The highest BCUT2D eigenvalue weighted by molar-refractivity contribution is 6.76. The SMILES string of the molecule is CC(=O)OCCC(C)(C)C(=O)O[C@H]1[C@@H](OC(=N)C(Cl)(Cl)Cl)O[C@@H]2COC(c3ccccc3)O[C@H]2[C@@H]1OC(=O)CCl. The fraction of sp³-hybridized carbons (Fsp3) is 0.600. The molecule has 0 aromatic heterocycles. The van der Waals surface area contributed by atoms with Gasteiger partial charge >= 0.3 is 17.9 Å². The van der Waals surface area contributed by atoms with Crippen molar-refractivity contribution in [2.45, 2.75) is 68.0 Å². The van der Waals surface area contributed by atoms with Gasteiger partial charge in [0, 0.05) is 12.5 Å². The molecule has 1 aromatic rings. The van der Waals surface area contributed by atoms with Gasteiger partial charge in [-0.2, -0.15) is 0 Å². The third-order valence-corrected chi connectivity index (χ3v) is 6.78. The van der Waals surface area contributed by atoms with Crippen molar-refractivity contribution >= 4 is 70.2 Å². The quantitative estimate of drug-likeness (QED) is 0.137. The Hall–Kier alpha value is -1.86. The Kier molecular flexibility index (Phi) is 11.3. The minimum absolute atomic E-state index is 0.0470. The zero-order valence-corrected chi connectivity index (χ0v) is 24.8. The topological polar surface area (TPSA) is 140 Å². The molecule has 1 aromatic carbocycles. The zero-order valence-electron chi connectivity index (χ0n) is 21.8. The number of fused-ring (bicyclic) bond motifs is 1. The van der Waals surface area contributed by atoms with Gasteiger partial charge in [0.15, 0.2) is 12.4 Å². The summed E-state index contributed by atoms with van der Waals surface area (Å²) in [5.41, 5.74) is -0.496. The van der Waals surface area contributed by atoms with Gasteiger partial charge in [0.05, 0.1) is 18.6 Å². The van der Waals surface area contributed by atoms with Crippen LogP contribution in [-0.4, -0.2) is 77.4 Å². The molecule has 222 valence electrons. The molecular weight excluding hydrogens is 616 g/mol. The number of carbonyl (C=O) groups is 3. The Morgan fingerprint density at radius 3 is 2.30 bits per heavy atom. The fourth-order valence-electron chi connectivity index (χ4n) is 3.88. The Morgan fingerprint density at radius 2 is 1.70 bits per heavy atom. The molecule has 2 aliphatic rings. The first-order valence-electron chi connectivity index (χ1n) is 12.1. The van der Waals surface area contributed by atoms with Crippen molar-refractivity contribution in [1.82, 2.24) is 0 Å². The molecule has 0 saturated carbocycles. The minimum atomic E-state index is -2.28. The van der Waals surface area contributed by atoms with E-state index in [1.807, 2.05) is 6.07 Å². The van der Waals surface area contributed by atoms with Gasteiger partial charge in [-0.05, 0) is 20.3 Å². The molecule has 0 aliphatic carbocycles. The van der Waals surface area contributed by atoms with Gasteiger partial charge in [-0.15, -0.1) is 11.6 Å². The molecule has 0 spiro atoms. The minimum Gasteiger partial charge on any atom is -0.466 e. The van der Waals surface area contributed by atoms with Gasteiger partial charge in [0.1, 0.15) is 18.1 Å². The number of nitrogens with one attached hydrogen (secondary N) is 1. The number of halogens is 4. The van der Waals surface area contributed by atoms with Crippen LogP contribution < -0.4 is 0 Å². The number of esters is 3. The third-order valence-electron chi connectivity index (χ3n) is 6.05. The molecule has 0 bridgehead atoms. The summed E-state index contributed by atoms with van der Waals surface area (Å²) >= 11 is 23.1. The van der Waals surface area contributed by atoms with E-state index in [2.05, 4.69) is 0 Å². The van der Waals surface area contributed by atoms with Crippen LogP contribution in [0.2, 0.25) is 0 Å². The summed E-state index contributed by atoms with van der Waals surface area (Å²) in [5, 5.41) is 8.04. The predicted molar refractivity (Wildman–Crippen MR) is 143 cm³/mol. The van der Waals surface area contributed by atoms with E-state index in [4.69, 9.17) is 85.0 Å². The average molecular weight is 645 g/mol. The van der Waals surface area contributed by atoms with Crippen molar-refractivity contribution < 1.29 is 47.5 Å². The van der Waals surface area contributed by atoms with Gasteiger partial charge in [0.2, 0.25) is 18.3 Å². The lowest BCUT2D eigenvalue weighted by Crippen LogP contribution is -2.65. The highest BCUT2D eigenvalue weighted by atomic mass is 35.6. The number of carbonyl (C=O) groups excluding carboxylic acids is 3. The number of ether oxygens (including phenoxy) is 7. The largest absolute Gasteiger partial charge is 0.466 e. The number of alkyl halides is 4. The lowest BCUT2D eigenvalue weighted by molar-refractivity contribution is -0.354. The normalized spacial score (nSPS) is 26.7. The summed E-state index contributed by atoms with van der Waals surface area (Å²) in [5.74, 6) is -3.48. The summed E-state index contributed by atoms with van der Waals surface area (Å²) in [4.78, 5) is 36.9. The van der Waals surface area contributed by atoms with E-state index < -0.39 is 75.9 Å². The first-order valence-corrected chi connectivity index (χ1v) is 13.8. The highest BCUT2D eigenvalue weighted by Crippen LogP contribution is 2.39. The zero-order chi connectivity index (χ0) is 29.7. The molecule has 0 amide bonds. The molecule has 6 atom stereocenters. The molecule has 2 aliphatic heterocycles. The van der Waals surface area contributed by atoms with Crippen molar-refractivity contribution in [3.63, 3.8) is 0 Å². The summed E-state index contributed by atoms with van der Waals surface area (Å²) in [7, 11) is 0. The molecule has 1 unspecified atom stereocenters. The van der Waals surface area contributed by atoms with E-state index in [0.29, 0.717) is 5.56 Å². The monoisotopic (exact) mass is 643 g/mol. The second kappa shape index (κ2) is 13.9. The Bertz CT molecular complexity index is 1070. The lowest BCUT2D eigenvalue weighted by atomic mass is 9.89. The maximum atomic E-state index is 13.3. The van der Waals surface area contributed by atoms with Crippen LogP contribution in [0.3, 0.4) is 0 Å². The average Bonchev–Trinajstić information content (AvgIpc) is 2.89. The molecule has 2 heterocycles. The van der Waals surface area contributed by atoms with Gasteiger partial charge in [0.25, 0.3) is 3.79 Å². The van der Waals surface area contributed by atoms with E-state index in [1.54, 1.807) is 38.1 Å². The fourth-order valence-corrected chi connectivity index (χ4v) is 4.08. The van der Waals surface area contributed by atoms with Crippen LogP contribution in [0.25, 0.3) is 0 Å². The van der Waals surface area contributed by atoms with Crippen molar-refractivity contribution in [1.29, 1.82) is 5.41 Å². The van der Waals surface area contributed by atoms with Crippen LogP contribution in [-0.2, 0) is 47.5 Å². The van der Waals surface area contributed by atoms with E-state index in [1.165, 1.54) is 6.92 Å². The first-order chi connectivity index (χ1) is 18.7. The number of rotatable bonds is 9. The van der Waals surface area contributed by atoms with E-state index >= 15 is 0 Å². The predicted octanol–water partition coefficient (Wildman–Crippen LogP) is 4.23. The summed E-state index contributed by atoms with van der Waals surface area (Å²) in [6.07, 6.45) is -7.10. The summed E-state index contributed by atoms with van der Waals surface area (Å²) in [6.45, 7) is 4.29. The Labute approximate surface area is 251 Å². The maximum Gasteiger partial charge on any atom is 0.321 e. The standard InChI is InChI=1S/C25H29Cl4NO10/c1-13(31)34-10-9-24(2,3)23(33)39-19-18(37-16(32)11-26)17-15(36-21(19)40-22(30)25(27,28)29)12-35-20(38-17)14-7-5-4-6-8-14/h4-8,15,17-21,30H,9-12H2,1-3H3/t15-,17-,18+,19-,20?,21-/m1/s1. The molecule has 3 rings (SSSR count). The molecule has 11 nitrogen and oxygen atoms in total. The first kappa shape index (κ1) is 32.7. The van der Waals surface area contributed by atoms with E-state index in [-0.39, 0.29) is 19.6 Å². The van der Waals surface area contributed by atoms with Gasteiger partial charge in [-0.3, -0.25) is 19.8 Å². The number of benzene rings is 1. The molecular formula is C25H29Cl4NO10. The molecule has 15 heteroatoms. The summed E-state index contributed by atoms with van der Waals surface area (Å²) < 4.78 is 37.5. The van der Waals surface area contributed by atoms with Crippen LogP contribution in [0.5, 0.6) is 0 Å². The lowest BCUT2D eigenvalue weighted by Gasteiger charge is -2.48. The van der Waals surface area contributed by atoms with Crippen LogP contribution >= 0.6 is 46.4 Å². The molecule has 2 fully saturated rings. The Balaban J connectivity index is 1.94. The maximum absolute atomic E-state index is 13.3. The van der Waals surface area contributed by atoms with Gasteiger partial charge in [-0.25, -0.2) is 0 Å². The van der Waals surface area contributed by atoms with Crippen molar-refractivity contribution in [2.75, 3.05) is 19.1 Å². The van der Waals surface area contributed by atoms with E-state index in [0.717, 1.165) is 0 Å². The van der Waals surface area contributed by atoms with Crippen molar-refractivity contribution in [3.8, 4) is 0 Å². The number of hydrogen-bond acceptors (Lipinski definition) is 11. The second-order valence-electron chi connectivity index (χ2n) is 9.60. The summed E-state index contributed by atoms with van der Waals surface area (Å²) in [6, 6.07) is 8.98. The van der Waals surface area contributed by atoms with E-state index in [9.17, 15) is 14.4 Å². The second-order valence-corrected chi connectivity index (χ2v) is 12.1. The molecule has 40 heavy (non-hydrogen) atoms. The number of hydrogen-bond donors (Lipinski definition) is 1. The molecule has 0 radical (unpaired) electrons. The molecule has 2 saturated heterocycles. The van der Waals surface area contributed by atoms with Crippen molar-refractivity contribution in [3.05, 3.63) is 35.9 Å². The van der Waals surface area contributed by atoms with Crippen LogP contribution in [0.1, 0.15) is 39.0 Å². The third kappa shape index (κ3) is 8.58. The van der Waals surface area contributed by atoms with Gasteiger partial charge < -0.3 is 33.2 Å². The van der Waals surface area contributed by atoms with Crippen molar-refractivity contribution in [2.24, 2.45) is 5.41 Å².